The fraction of sp³-hybridized carbons (Fsp3) is 0.125. The molecule has 3 aromatic carbocycles. The van der Waals surface area contributed by atoms with E-state index in [0.717, 1.165) is 10.7 Å². The average Bonchev–Trinajstić information content (AvgIpc) is 3.18. The largest absolute Gasteiger partial charge is 0.494 e. The van der Waals surface area contributed by atoms with E-state index < -0.39 is 38.2 Å². The predicted octanol–water partition coefficient (Wildman–Crippen LogP) is 5.08. The standard InChI is InChI=1S/C24H19F4N3O3S/c1-34-19-12-11-16(13-18(19)25)21-22(17-9-5-6-10-20(17)35(29,32)33)30-31(23(21)24(26,27)28)14-15-7-3-2-4-8-15/h2-13H,14H2,1H3,(H2,29,32,33). The van der Waals surface area contributed by atoms with Gasteiger partial charge in [0.2, 0.25) is 10.0 Å². The topological polar surface area (TPSA) is 87.2 Å². The SMILES string of the molecule is COc1ccc(-c2c(-c3ccccc3S(N)(=O)=O)nn(Cc3ccccc3)c2C(F)(F)F)cc1F. The lowest BCUT2D eigenvalue weighted by Gasteiger charge is -2.14. The number of hydrogen-bond donors (Lipinski definition) is 1. The van der Waals surface area contributed by atoms with E-state index in [4.69, 9.17) is 9.88 Å². The summed E-state index contributed by atoms with van der Waals surface area (Å²) >= 11 is 0. The Morgan fingerprint density at radius 3 is 2.26 bits per heavy atom. The molecule has 2 N–H and O–H groups in total. The molecule has 0 aliphatic heterocycles. The Kier molecular flexibility index (Phi) is 6.39. The summed E-state index contributed by atoms with van der Waals surface area (Å²) in [7, 11) is -3.09. The smallest absolute Gasteiger partial charge is 0.433 e. The van der Waals surface area contributed by atoms with Crippen molar-refractivity contribution < 1.29 is 30.7 Å². The van der Waals surface area contributed by atoms with Crippen LogP contribution >= 0.6 is 0 Å². The van der Waals surface area contributed by atoms with Crippen molar-refractivity contribution in [2.24, 2.45) is 5.14 Å². The Morgan fingerprint density at radius 2 is 1.66 bits per heavy atom. The molecule has 4 aromatic rings. The Labute approximate surface area is 198 Å². The first-order valence-electron chi connectivity index (χ1n) is 10.2. The number of nitrogens with zero attached hydrogens (tertiary/aromatic N) is 2. The van der Waals surface area contributed by atoms with Crippen LogP contribution in [0.1, 0.15) is 11.3 Å². The number of alkyl halides is 3. The molecule has 35 heavy (non-hydrogen) atoms. The number of methoxy groups -OCH3 is 1. The van der Waals surface area contributed by atoms with Crippen LogP contribution in [0.4, 0.5) is 17.6 Å². The number of ether oxygens (including phenoxy) is 1. The van der Waals surface area contributed by atoms with Gasteiger partial charge in [-0.05, 0) is 29.3 Å². The molecular weight excluding hydrogens is 486 g/mol. The number of halogens is 4. The van der Waals surface area contributed by atoms with Crippen LogP contribution < -0.4 is 9.88 Å². The summed E-state index contributed by atoms with van der Waals surface area (Å²) < 4.78 is 88.1. The number of hydrogen-bond acceptors (Lipinski definition) is 4. The summed E-state index contributed by atoms with van der Waals surface area (Å²) in [5, 5.41) is 9.53. The molecular formula is C24H19F4N3O3S. The second-order valence-electron chi connectivity index (χ2n) is 7.60. The highest BCUT2D eigenvalue weighted by atomic mass is 32.2. The van der Waals surface area contributed by atoms with Crippen molar-refractivity contribution in [1.29, 1.82) is 0 Å². The molecule has 0 aliphatic carbocycles. The Balaban J connectivity index is 2.09. The van der Waals surface area contributed by atoms with Crippen LogP contribution in [0.15, 0.2) is 77.7 Å². The van der Waals surface area contributed by atoms with Crippen LogP contribution in [0.3, 0.4) is 0 Å². The summed E-state index contributed by atoms with van der Waals surface area (Å²) in [6.45, 7) is -0.265. The first kappa shape index (κ1) is 24.4. The van der Waals surface area contributed by atoms with Crippen LogP contribution in [0.2, 0.25) is 0 Å². The van der Waals surface area contributed by atoms with E-state index >= 15 is 0 Å². The van der Waals surface area contributed by atoms with E-state index in [1.165, 1.54) is 43.5 Å². The van der Waals surface area contributed by atoms with Gasteiger partial charge in [0.05, 0.1) is 18.6 Å². The van der Waals surface area contributed by atoms with Crippen molar-refractivity contribution in [3.8, 4) is 28.1 Å². The van der Waals surface area contributed by atoms with E-state index in [9.17, 15) is 26.0 Å². The normalized spacial score (nSPS) is 12.1. The number of sulfonamides is 1. The molecule has 11 heteroatoms. The second kappa shape index (κ2) is 9.16. The highest BCUT2D eigenvalue weighted by Crippen LogP contribution is 2.44. The minimum Gasteiger partial charge on any atom is -0.494 e. The number of nitrogens with two attached hydrogens (primary N) is 1. The van der Waals surface area contributed by atoms with Gasteiger partial charge < -0.3 is 4.74 Å². The van der Waals surface area contributed by atoms with Crippen LogP contribution in [-0.4, -0.2) is 25.3 Å². The molecule has 1 aromatic heterocycles. The minimum atomic E-state index is -4.91. The zero-order chi connectivity index (χ0) is 25.4. The molecule has 0 unspecified atom stereocenters. The maximum atomic E-state index is 14.6. The molecule has 182 valence electrons. The van der Waals surface area contributed by atoms with Gasteiger partial charge in [-0.1, -0.05) is 54.6 Å². The Morgan fingerprint density at radius 1 is 1.00 bits per heavy atom. The fourth-order valence-electron chi connectivity index (χ4n) is 3.82. The van der Waals surface area contributed by atoms with E-state index in [1.807, 2.05) is 0 Å². The highest BCUT2D eigenvalue weighted by Gasteiger charge is 2.41. The van der Waals surface area contributed by atoms with Gasteiger partial charge in [0.25, 0.3) is 0 Å². The zero-order valence-electron chi connectivity index (χ0n) is 18.3. The summed E-state index contributed by atoms with van der Waals surface area (Å²) in [5.74, 6) is -1.05. The summed E-state index contributed by atoms with van der Waals surface area (Å²) in [5.41, 5.74) is -1.72. The predicted molar refractivity (Wildman–Crippen MR) is 122 cm³/mol. The first-order valence-corrected chi connectivity index (χ1v) is 11.7. The van der Waals surface area contributed by atoms with Gasteiger partial charge in [0, 0.05) is 11.1 Å². The van der Waals surface area contributed by atoms with Gasteiger partial charge in [0.1, 0.15) is 5.69 Å². The van der Waals surface area contributed by atoms with E-state index in [0.29, 0.717) is 5.56 Å². The van der Waals surface area contributed by atoms with Crippen molar-refractivity contribution in [2.75, 3.05) is 7.11 Å². The maximum absolute atomic E-state index is 14.6. The molecule has 1 heterocycles. The average molecular weight is 505 g/mol. The molecule has 4 rings (SSSR count). The van der Waals surface area contributed by atoms with Gasteiger partial charge in [-0.25, -0.2) is 17.9 Å². The number of rotatable bonds is 6. The van der Waals surface area contributed by atoms with Crippen LogP contribution in [0.5, 0.6) is 5.75 Å². The van der Waals surface area contributed by atoms with Gasteiger partial charge in [0.15, 0.2) is 17.3 Å². The molecule has 0 fully saturated rings. The van der Waals surface area contributed by atoms with Gasteiger partial charge in [-0.15, -0.1) is 0 Å². The minimum absolute atomic E-state index is 0.140. The van der Waals surface area contributed by atoms with Crippen LogP contribution in [0.25, 0.3) is 22.4 Å². The molecule has 0 atom stereocenters. The third kappa shape index (κ3) is 4.91. The summed E-state index contributed by atoms with van der Waals surface area (Å²) in [4.78, 5) is -0.409. The quantitative estimate of drug-likeness (QED) is 0.370. The maximum Gasteiger partial charge on any atom is 0.433 e. The third-order valence-corrected chi connectivity index (χ3v) is 6.25. The third-order valence-electron chi connectivity index (χ3n) is 5.29. The second-order valence-corrected chi connectivity index (χ2v) is 9.13. The number of primary sulfonamides is 1. The van der Waals surface area contributed by atoms with E-state index in [-0.39, 0.29) is 29.1 Å². The number of benzene rings is 3. The van der Waals surface area contributed by atoms with Crippen molar-refractivity contribution in [3.05, 3.63) is 89.9 Å². The van der Waals surface area contributed by atoms with Crippen molar-refractivity contribution >= 4 is 10.0 Å². The van der Waals surface area contributed by atoms with Gasteiger partial charge in [-0.3, -0.25) is 4.68 Å². The molecule has 6 nitrogen and oxygen atoms in total. The zero-order valence-corrected chi connectivity index (χ0v) is 19.1. The Hall–Kier alpha value is -3.70. The fourth-order valence-corrected chi connectivity index (χ4v) is 4.55. The van der Waals surface area contributed by atoms with E-state index in [2.05, 4.69) is 5.10 Å². The molecule has 0 radical (unpaired) electrons. The Bertz CT molecular complexity index is 1480. The number of aromatic nitrogens is 2. The highest BCUT2D eigenvalue weighted by molar-refractivity contribution is 7.89. The van der Waals surface area contributed by atoms with Crippen molar-refractivity contribution in [2.45, 2.75) is 17.6 Å². The first-order chi connectivity index (χ1) is 16.5. The van der Waals surface area contributed by atoms with Crippen molar-refractivity contribution in [3.63, 3.8) is 0 Å². The van der Waals surface area contributed by atoms with Crippen molar-refractivity contribution in [1.82, 2.24) is 9.78 Å². The lowest BCUT2D eigenvalue weighted by molar-refractivity contribution is -0.143. The van der Waals surface area contributed by atoms with Crippen LogP contribution in [-0.2, 0) is 22.7 Å². The van der Waals surface area contributed by atoms with Crippen LogP contribution in [0, 0.1) is 5.82 Å². The van der Waals surface area contributed by atoms with Gasteiger partial charge >= 0.3 is 6.18 Å². The molecule has 0 saturated carbocycles. The van der Waals surface area contributed by atoms with Gasteiger partial charge in [-0.2, -0.15) is 18.3 Å². The molecule has 0 bridgehead atoms. The lowest BCUT2D eigenvalue weighted by atomic mass is 9.98. The summed E-state index contributed by atoms with van der Waals surface area (Å²) in [6.07, 6.45) is -4.91. The monoisotopic (exact) mass is 505 g/mol. The molecule has 0 spiro atoms. The lowest BCUT2D eigenvalue weighted by Crippen LogP contribution is -2.16. The molecule has 0 saturated heterocycles. The molecule has 0 amide bonds. The molecule has 0 aliphatic rings. The summed E-state index contributed by atoms with van der Waals surface area (Å²) in [6, 6.07) is 17.0. The van der Waals surface area contributed by atoms with E-state index in [1.54, 1.807) is 30.3 Å².